The zero-order valence-corrected chi connectivity index (χ0v) is 15.4. The maximum absolute atomic E-state index is 13.7. The van der Waals surface area contributed by atoms with E-state index in [-0.39, 0.29) is 15.7 Å². The third-order valence-corrected chi connectivity index (χ3v) is 5.13. The van der Waals surface area contributed by atoms with E-state index in [0.717, 1.165) is 28.4 Å². The number of hydrogen-bond acceptors (Lipinski definition) is 4. The maximum Gasteiger partial charge on any atom is 0.293 e. The summed E-state index contributed by atoms with van der Waals surface area (Å²) in [6.45, 7) is 0. The van der Waals surface area contributed by atoms with Crippen LogP contribution in [0.5, 0.6) is 0 Å². The lowest BCUT2D eigenvalue weighted by Gasteiger charge is -2.02. The first-order valence-electron chi connectivity index (χ1n) is 8.25. The van der Waals surface area contributed by atoms with Crippen molar-refractivity contribution in [3.8, 4) is 16.9 Å². The normalized spacial score (nSPS) is 15.7. The molecule has 2 aromatic carbocycles. The number of rotatable bonds is 3. The molecule has 3 aromatic rings. The highest BCUT2D eigenvalue weighted by Gasteiger charge is 2.32. The summed E-state index contributed by atoms with van der Waals surface area (Å²) in [5, 5.41) is 4.07. The number of halogens is 2. The summed E-state index contributed by atoms with van der Waals surface area (Å²) in [5.74, 6) is -1.90. The van der Waals surface area contributed by atoms with E-state index in [1.165, 1.54) is 25.3 Å². The number of benzene rings is 2. The number of imide groups is 1. The Bertz CT molecular complexity index is 1110. The molecule has 1 aromatic heterocycles. The molecule has 0 N–H and O–H groups in total. The number of thioether (sulfide) groups is 1. The van der Waals surface area contributed by atoms with Crippen LogP contribution >= 0.6 is 11.8 Å². The predicted molar refractivity (Wildman–Crippen MR) is 103 cm³/mol. The second-order valence-corrected chi connectivity index (χ2v) is 7.11. The average Bonchev–Trinajstić information content (AvgIpc) is 3.19. The topological polar surface area (TPSA) is 55.2 Å². The highest BCUT2D eigenvalue weighted by atomic mass is 32.2. The molecule has 0 saturated carbocycles. The first kappa shape index (κ1) is 18.1. The van der Waals surface area contributed by atoms with Crippen molar-refractivity contribution >= 4 is 29.0 Å². The number of para-hydroxylation sites is 1. The van der Waals surface area contributed by atoms with E-state index in [1.54, 1.807) is 10.9 Å². The largest absolute Gasteiger partial charge is 0.293 e. The molecule has 0 radical (unpaired) electrons. The Kier molecular flexibility index (Phi) is 4.56. The van der Waals surface area contributed by atoms with E-state index in [1.807, 2.05) is 30.3 Å². The fourth-order valence-electron chi connectivity index (χ4n) is 2.81. The Morgan fingerprint density at radius 3 is 2.32 bits per heavy atom. The van der Waals surface area contributed by atoms with Gasteiger partial charge < -0.3 is 0 Å². The molecule has 4 rings (SSSR count). The molecule has 2 amide bonds. The molecular weight excluding hydrogens is 384 g/mol. The van der Waals surface area contributed by atoms with Crippen LogP contribution in [0.15, 0.2) is 59.6 Å². The molecule has 8 heteroatoms. The summed E-state index contributed by atoms with van der Waals surface area (Å²) >= 11 is 0.805. The van der Waals surface area contributed by atoms with Crippen molar-refractivity contribution in [2.45, 2.75) is 0 Å². The van der Waals surface area contributed by atoms with Crippen LogP contribution in [0.25, 0.3) is 23.0 Å². The zero-order chi connectivity index (χ0) is 19.8. The first-order valence-corrected chi connectivity index (χ1v) is 9.07. The van der Waals surface area contributed by atoms with Gasteiger partial charge in [-0.1, -0.05) is 18.2 Å². The van der Waals surface area contributed by atoms with Gasteiger partial charge in [-0.3, -0.25) is 14.5 Å². The van der Waals surface area contributed by atoms with Crippen LogP contribution < -0.4 is 0 Å². The van der Waals surface area contributed by atoms with Gasteiger partial charge in [0.25, 0.3) is 11.1 Å². The molecule has 1 aliphatic rings. The Morgan fingerprint density at radius 2 is 1.71 bits per heavy atom. The minimum Gasteiger partial charge on any atom is -0.272 e. The van der Waals surface area contributed by atoms with Crippen molar-refractivity contribution in [2.75, 3.05) is 7.05 Å². The first-order chi connectivity index (χ1) is 13.4. The molecule has 5 nitrogen and oxygen atoms in total. The molecule has 1 saturated heterocycles. The van der Waals surface area contributed by atoms with Crippen LogP contribution in [0.1, 0.15) is 5.56 Å². The molecular formula is C20H13F2N3O2S. The minimum absolute atomic E-state index is 0.221. The van der Waals surface area contributed by atoms with Gasteiger partial charge in [-0.2, -0.15) is 5.10 Å². The van der Waals surface area contributed by atoms with Crippen molar-refractivity contribution in [1.29, 1.82) is 0 Å². The van der Waals surface area contributed by atoms with Gasteiger partial charge in [-0.15, -0.1) is 0 Å². The van der Waals surface area contributed by atoms with Crippen LogP contribution in [-0.4, -0.2) is 32.9 Å². The highest BCUT2D eigenvalue weighted by Crippen LogP contribution is 2.34. The van der Waals surface area contributed by atoms with Gasteiger partial charge in [0.1, 0.15) is 17.3 Å². The Labute approximate surface area is 163 Å². The summed E-state index contributed by atoms with van der Waals surface area (Å²) in [6.07, 6.45) is 3.16. The molecule has 2 heterocycles. The van der Waals surface area contributed by atoms with E-state index in [4.69, 9.17) is 0 Å². The van der Waals surface area contributed by atoms with Gasteiger partial charge in [0.2, 0.25) is 0 Å². The third-order valence-electron chi connectivity index (χ3n) is 4.17. The summed E-state index contributed by atoms with van der Waals surface area (Å²) in [5.41, 5.74) is 1.73. The molecule has 0 aliphatic carbocycles. The number of carbonyl (C=O) groups is 2. The van der Waals surface area contributed by atoms with Crippen LogP contribution in [0.4, 0.5) is 13.6 Å². The second kappa shape index (κ2) is 7.05. The molecule has 140 valence electrons. The van der Waals surface area contributed by atoms with Crippen LogP contribution in [0, 0.1) is 11.6 Å². The van der Waals surface area contributed by atoms with E-state index in [0.29, 0.717) is 11.3 Å². The fourth-order valence-corrected chi connectivity index (χ4v) is 3.63. The SMILES string of the molecule is CN1C(=O)SC(=Cc2cn(-c3ccccc3)nc2-c2cc(F)cc(F)c2)C1=O. The maximum atomic E-state index is 13.7. The zero-order valence-electron chi connectivity index (χ0n) is 14.6. The van der Waals surface area contributed by atoms with Crippen LogP contribution in [-0.2, 0) is 4.79 Å². The molecule has 0 unspecified atom stereocenters. The molecule has 1 aliphatic heterocycles. The summed E-state index contributed by atoms with van der Waals surface area (Å²) in [4.78, 5) is 25.2. The summed E-state index contributed by atoms with van der Waals surface area (Å²) < 4.78 is 29.0. The van der Waals surface area contributed by atoms with Gasteiger partial charge in [0.05, 0.1) is 10.6 Å². The molecule has 28 heavy (non-hydrogen) atoms. The predicted octanol–water partition coefficient (Wildman–Crippen LogP) is 4.48. The van der Waals surface area contributed by atoms with Crippen LogP contribution in [0.2, 0.25) is 0 Å². The summed E-state index contributed by atoms with van der Waals surface area (Å²) in [7, 11) is 1.40. The Hall–Kier alpha value is -3.26. The van der Waals surface area contributed by atoms with Gasteiger partial charge in [0, 0.05) is 30.4 Å². The van der Waals surface area contributed by atoms with Crippen molar-refractivity contribution in [1.82, 2.24) is 14.7 Å². The van der Waals surface area contributed by atoms with Gasteiger partial charge in [-0.25, -0.2) is 13.5 Å². The Morgan fingerprint density at radius 1 is 1.04 bits per heavy atom. The Balaban J connectivity index is 1.88. The molecule has 0 spiro atoms. The minimum atomic E-state index is -0.732. The number of likely N-dealkylation sites (N-methyl/N-ethyl adjacent to an activating group) is 1. The average molecular weight is 397 g/mol. The molecule has 0 bridgehead atoms. The highest BCUT2D eigenvalue weighted by molar-refractivity contribution is 8.18. The fraction of sp³-hybridized carbons (Fsp3) is 0.0500. The van der Waals surface area contributed by atoms with Gasteiger partial charge >= 0.3 is 0 Å². The lowest BCUT2D eigenvalue weighted by Crippen LogP contribution is -2.22. The van der Waals surface area contributed by atoms with E-state index < -0.39 is 17.5 Å². The standard InChI is InChI=1S/C20H13F2N3O2S/c1-24-19(26)17(28-20(24)27)9-13-11-25(16-5-3-2-4-6-16)23-18(13)12-7-14(21)10-15(22)8-12/h2-11H,1H3. The van der Waals surface area contributed by atoms with Crippen molar-refractivity contribution in [3.05, 3.63) is 76.8 Å². The lowest BCUT2D eigenvalue weighted by atomic mass is 10.1. The number of carbonyl (C=O) groups excluding carboxylic acids is 2. The van der Waals surface area contributed by atoms with Gasteiger partial charge in [-0.05, 0) is 42.1 Å². The van der Waals surface area contributed by atoms with E-state index >= 15 is 0 Å². The smallest absolute Gasteiger partial charge is 0.272 e. The van der Waals surface area contributed by atoms with E-state index in [2.05, 4.69) is 5.10 Å². The molecule has 1 fully saturated rings. The number of amides is 2. The third kappa shape index (κ3) is 3.34. The molecule has 0 atom stereocenters. The van der Waals surface area contributed by atoms with E-state index in [9.17, 15) is 18.4 Å². The monoisotopic (exact) mass is 397 g/mol. The number of hydrogen-bond donors (Lipinski definition) is 0. The van der Waals surface area contributed by atoms with Gasteiger partial charge in [0.15, 0.2) is 0 Å². The van der Waals surface area contributed by atoms with Crippen molar-refractivity contribution in [3.63, 3.8) is 0 Å². The lowest BCUT2D eigenvalue weighted by molar-refractivity contribution is -0.121. The number of aromatic nitrogens is 2. The number of nitrogens with zero attached hydrogens (tertiary/aromatic N) is 3. The quantitative estimate of drug-likeness (QED) is 0.612. The van der Waals surface area contributed by atoms with Crippen LogP contribution in [0.3, 0.4) is 0 Å². The summed E-state index contributed by atoms with van der Waals surface area (Å²) in [6, 6.07) is 12.3. The second-order valence-electron chi connectivity index (χ2n) is 6.11. The van der Waals surface area contributed by atoms with Crippen molar-refractivity contribution < 1.29 is 18.4 Å². The van der Waals surface area contributed by atoms with Crippen molar-refractivity contribution in [2.24, 2.45) is 0 Å².